The lowest BCUT2D eigenvalue weighted by Crippen LogP contribution is -2.30. The van der Waals surface area contributed by atoms with Gasteiger partial charge in [-0.2, -0.15) is 0 Å². The summed E-state index contributed by atoms with van der Waals surface area (Å²) in [5.74, 6) is 0.693. The molecule has 1 amide bonds. The molecule has 0 aliphatic carbocycles. The zero-order chi connectivity index (χ0) is 6.85. The maximum Gasteiger partial charge on any atom is 0.414 e. The van der Waals surface area contributed by atoms with E-state index in [1.165, 1.54) is 4.90 Å². The molecule has 1 heterocycles. The van der Waals surface area contributed by atoms with Gasteiger partial charge in [0, 0.05) is 13.6 Å². The summed E-state index contributed by atoms with van der Waals surface area (Å²) in [7, 11) is 1.70. The maximum atomic E-state index is 10.7. The van der Waals surface area contributed by atoms with Gasteiger partial charge in [-0.1, -0.05) is 0 Å². The Morgan fingerprint density at radius 3 is 2.89 bits per heavy atom. The maximum absolute atomic E-state index is 10.7. The normalized spacial score (nSPS) is 19.1. The number of amides is 1. The lowest BCUT2D eigenvalue weighted by molar-refractivity contribution is 0.133. The molecule has 0 saturated carbocycles. The number of allylic oxidation sites excluding steroid dienone is 1. The average molecular weight is 127 g/mol. The molecule has 9 heavy (non-hydrogen) atoms. The molecule has 0 fully saturated rings. The number of cyclic esters (lactones) is 1. The van der Waals surface area contributed by atoms with E-state index < -0.39 is 0 Å². The van der Waals surface area contributed by atoms with Gasteiger partial charge in [0.1, 0.15) is 5.76 Å². The molecule has 0 saturated heterocycles. The van der Waals surface area contributed by atoms with E-state index in [2.05, 4.69) is 0 Å². The van der Waals surface area contributed by atoms with Gasteiger partial charge in [-0.25, -0.2) is 4.79 Å². The zero-order valence-corrected chi connectivity index (χ0v) is 5.55. The summed E-state index contributed by atoms with van der Waals surface area (Å²) in [6, 6.07) is 0. The average Bonchev–Trinajstić information content (AvgIpc) is 1.80. The van der Waals surface area contributed by atoms with Crippen molar-refractivity contribution in [3.8, 4) is 0 Å². The third kappa shape index (κ3) is 1.22. The van der Waals surface area contributed by atoms with Gasteiger partial charge in [0.15, 0.2) is 0 Å². The van der Waals surface area contributed by atoms with Crippen LogP contribution in [0.2, 0.25) is 0 Å². The van der Waals surface area contributed by atoms with Crippen LogP contribution in [-0.2, 0) is 4.74 Å². The van der Waals surface area contributed by atoms with Crippen LogP contribution >= 0.6 is 0 Å². The molecule has 0 atom stereocenters. The largest absolute Gasteiger partial charge is 0.415 e. The molecular formula is C6H9NO2. The van der Waals surface area contributed by atoms with Crippen LogP contribution in [0.4, 0.5) is 4.79 Å². The fourth-order valence-electron chi connectivity index (χ4n) is 0.597. The molecular weight excluding hydrogens is 118 g/mol. The molecule has 0 aromatic carbocycles. The first-order valence-corrected chi connectivity index (χ1v) is 2.80. The van der Waals surface area contributed by atoms with Gasteiger partial charge in [0.25, 0.3) is 0 Å². The van der Waals surface area contributed by atoms with Crippen molar-refractivity contribution in [2.75, 3.05) is 13.6 Å². The Morgan fingerprint density at radius 2 is 2.44 bits per heavy atom. The van der Waals surface area contributed by atoms with Crippen LogP contribution in [-0.4, -0.2) is 24.6 Å². The van der Waals surface area contributed by atoms with E-state index in [1.54, 1.807) is 14.0 Å². The van der Waals surface area contributed by atoms with Crippen molar-refractivity contribution in [2.24, 2.45) is 0 Å². The van der Waals surface area contributed by atoms with Gasteiger partial charge in [0.2, 0.25) is 0 Å². The molecule has 0 aromatic rings. The summed E-state index contributed by atoms with van der Waals surface area (Å²) in [4.78, 5) is 12.2. The number of carbonyl (C=O) groups excluding carboxylic acids is 1. The minimum Gasteiger partial charge on any atom is -0.415 e. The summed E-state index contributed by atoms with van der Waals surface area (Å²) in [5, 5.41) is 0. The number of carbonyl (C=O) groups is 1. The Morgan fingerprint density at radius 1 is 1.78 bits per heavy atom. The third-order valence-electron chi connectivity index (χ3n) is 1.21. The van der Waals surface area contributed by atoms with Crippen LogP contribution < -0.4 is 0 Å². The first-order valence-electron chi connectivity index (χ1n) is 2.80. The van der Waals surface area contributed by atoms with Crippen LogP contribution in [0.3, 0.4) is 0 Å². The van der Waals surface area contributed by atoms with E-state index in [1.807, 2.05) is 6.08 Å². The molecule has 0 spiro atoms. The van der Waals surface area contributed by atoms with E-state index in [0.717, 1.165) is 0 Å². The van der Waals surface area contributed by atoms with Gasteiger partial charge in [-0.05, 0) is 13.0 Å². The monoisotopic (exact) mass is 127 g/mol. The summed E-state index contributed by atoms with van der Waals surface area (Å²) in [6.07, 6.45) is 1.59. The van der Waals surface area contributed by atoms with Crippen LogP contribution in [0.15, 0.2) is 11.8 Å². The molecule has 0 unspecified atom stereocenters. The fraction of sp³-hybridized carbons (Fsp3) is 0.500. The van der Waals surface area contributed by atoms with Crippen LogP contribution in [0.5, 0.6) is 0 Å². The summed E-state index contributed by atoms with van der Waals surface area (Å²) in [6.45, 7) is 2.43. The van der Waals surface area contributed by atoms with E-state index in [0.29, 0.717) is 12.3 Å². The quantitative estimate of drug-likeness (QED) is 0.485. The number of ether oxygens (including phenoxy) is 1. The predicted octanol–water partition coefficient (Wildman–Crippen LogP) is 0.972. The SMILES string of the molecule is CC1=CCN(C)C(=O)O1. The zero-order valence-electron chi connectivity index (χ0n) is 5.55. The highest BCUT2D eigenvalue weighted by Gasteiger charge is 2.13. The highest BCUT2D eigenvalue weighted by molar-refractivity contribution is 5.69. The van der Waals surface area contributed by atoms with Crippen molar-refractivity contribution in [3.05, 3.63) is 11.8 Å². The molecule has 3 heteroatoms. The van der Waals surface area contributed by atoms with Crippen molar-refractivity contribution >= 4 is 6.09 Å². The third-order valence-corrected chi connectivity index (χ3v) is 1.21. The van der Waals surface area contributed by atoms with Gasteiger partial charge >= 0.3 is 6.09 Å². The molecule has 0 bridgehead atoms. The summed E-state index contributed by atoms with van der Waals surface area (Å²) < 4.78 is 4.75. The second-order valence-electron chi connectivity index (χ2n) is 2.06. The number of hydrogen-bond acceptors (Lipinski definition) is 2. The topological polar surface area (TPSA) is 29.5 Å². The lowest BCUT2D eigenvalue weighted by Gasteiger charge is -2.19. The Bertz CT molecular complexity index is 162. The van der Waals surface area contributed by atoms with Gasteiger partial charge < -0.3 is 9.64 Å². The second kappa shape index (κ2) is 2.09. The molecule has 1 aliphatic rings. The first-order chi connectivity index (χ1) is 4.20. The van der Waals surface area contributed by atoms with Crippen LogP contribution in [0.25, 0.3) is 0 Å². The second-order valence-corrected chi connectivity index (χ2v) is 2.06. The van der Waals surface area contributed by atoms with Gasteiger partial charge in [-0.15, -0.1) is 0 Å². The summed E-state index contributed by atoms with van der Waals surface area (Å²) >= 11 is 0. The van der Waals surface area contributed by atoms with E-state index in [-0.39, 0.29) is 6.09 Å². The summed E-state index contributed by atoms with van der Waals surface area (Å²) in [5.41, 5.74) is 0. The van der Waals surface area contributed by atoms with Gasteiger partial charge in [-0.3, -0.25) is 0 Å². The Labute approximate surface area is 53.9 Å². The number of rotatable bonds is 0. The predicted molar refractivity (Wildman–Crippen MR) is 32.9 cm³/mol. The minimum atomic E-state index is -0.269. The Balaban J connectivity index is 2.65. The van der Waals surface area contributed by atoms with Gasteiger partial charge in [0.05, 0.1) is 0 Å². The number of likely N-dealkylation sites (N-methyl/N-ethyl adjacent to an activating group) is 1. The standard InChI is InChI=1S/C6H9NO2/c1-5-3-4-7(2)6(8)9-5/h3H,4H2,1-2H3. The lowest BCUT2D eigenvalue weighted by atomic mass is 10.4. The molecule has 3 nitrogen and oxygen atoms in total. The molecule has 0 radical (unpaired) electrons. The van der Waals surface area contributed by atoms with Crippen molar-refractivity contribution in [1.82, 2.24) is 4.90 Å². The van der Waals surface area contributed by atoms with Crippen molar-refractivity contribution < 1.29 is 9.53 Å². The van der Waals surface area contributed by atoms with Crippen molar-refractivity contribution in [2.45, 2.75) is 6.92 Å². The number of hydrogen-bond donors (Lipinski definition) is 0. The van der Waals surface area contributed by atoms with E-state index in [9.17, 15) is 4.79 Å². The highest BCUT2D eigenvalue weighted by Crippen LogP contribution is 2.05. The Kier molecular flexibility index (Phi) is 1.42. The van der Waals surface area contributed by atoms with E-state index >= 15 is 0 Å². The van der Waals surface area contributed by atoms with Crippen LogP contribution in [0, 0.1) is 0 Å². The molecule has 0 N–H and O–H groups in total. The minimum absolute atomic E-state index is 0.269. The number of nitrogens with zero attached hydrogens (tertiary/aromatic N) is 1. The molecule has 1 rings (SSSR count). The molecule has 1 aliphatic heterocycles. The molecule has 0 aromatic heterocycles. The van der Waals surface area contributed by atoms with Crippen LogP contribution in [0.1, 0.15) is 6.92 Å². The highest BCUT2D eigenvalue weighted by atomic mass is 16.6. The first kappa shape index (κ1) is 6.13. The molecule has 50 valence electrons. The van der Waals surface area contributed by atoms with E-state index in [4.69, 9.17) is 4.74 Å². The smallest absolute Gasteiger partial charge is 0.414 e. The fourth-order valence-corrected chi connectivity index (χ4v) is 0.597. The van der Waals surface area contributed by atoms with Crippen molar-refractivity contribution in [1.29, 1.82) is 0 Å². The van der Waals surface area contributed by atoms with Crippen molar-refractivity contribution in [3.63, 3.8) is 0 Å². The Hall–Kier alpha value is -0.990.